The molecule has 0 spiro atoms. The first-order valence-corrected chi connectivity index (χ1v) is 13.0. The fourth-order valence-corrected chi connectivity index (χ4v) is 5.35. The van der Waals surface area contributed by atoms with E-state index < -0.39 is 0 Å². The maximum Gasteiger partial charge on any atom is 0.254 e. The number of nitrogens with one attached hydrogen (secondary N) is 1. The molecule has 1 saturated carbocycles. The maximum absolute atomic E-state index is 12.8. The molecule has 1 aromatic heterocycles. The van der Waals surface area contributed by atoms with Gasteiger partial charge >= 0.3 is 0 Å². The highest BCUT2D eigenvalue weighted by Gasteiger charge is 2.46. The second-order valence-corrected chi connectivity index (χ2v) is 10.4. The molecule has 8 heteroatoms. The number of aromatic nitrogens is 1. The standard InChI is InChI=1S/C30H34N6O2/c1-18-9-26-25(7-8-34-29(26)32)19(2)27(18)15-35-30(38)24(12-31)14-33-13-21-5-3-20(4-6-21)10-28(37)36-16-22-11-23(22)17-36/h3-9,12,14,22-23H,10-11,13,15-17,31H2,1-2H3,(H2,32,34)(H,35,38)/b24-12+,33-14?. The van der Waals surface area contributed by atoms with Crippen LogP contribution in [0.1, 0.15) is 34.2 Å². The second kappa shape index (κ2) is 10.7. The summed E-state index contributed by atoms with van der Waals surface area (Å²) in [7, 11) is 0. The average molecular weight is 511 g/mol. The highest BCUT2D eigenvalue weighted by atomic mass is 16.2. The van der Waals surface area contributed by atoms with Crippen molar-refractivity contribution < 1.29 is 9.59 Å². The molecule has 2 fully saturated rings. The van der Waals surface area contributed by atoms with Gasteiger partial charge in [0.2, 0.25) is 5.91 Å². The molecule has 196 valence electrons. The van der Waals surface area contributed by atoms with Gasteiger partial charge < -0.3 is 21.7 Å². The summed E-state index contributed by atoms with van der Waals surface area (Å²) in [5, 5.41) is 4.88. The molecule has 5 N–H and O–H groups in total. The van der Waals surface area contributed by atoms with E-state index in [-0.39, 0.29) is 11.8 Å². The van der Waals surface area contributed by atoms with Gasteiger partial charge in [-0.05, 0) is 77.4 Å². The number of piperidine rings is 1. The molecule has 2 unspecified atom stereocenters. The Kier molecular flexibility index (Phi) is 7.13. The topological polar surface area (TPSA) is 127 Å². The van der Waals surface area contributed by atoms with Crippen LogP contribution in [0.15, 0.2) is 59.4 Å². The summed E-state index contributed by atoms with van der Waals surface area (Å²) in [4.78, 5) is 35.9. The molecule has 1 saturated heterocycles. The summed E-state index contributed by atoms with van der Waals surface area (Å²) in [5.74, 6) is 1.91. The number of carbonyl (C=O) groups is 2. The normalized spacial score (nSPS) is 18.7. The molecule has 2 heterocycles. The Morgan fingerprint density at radius 1 is 1.11 bits per heavy atom. The Hall–Kier alpha value is -4.20. The quantitative estimate of drug-likeness (QED) is 0.317. The van der Waals surface area contributed by atoms with E-state index in [9.17, 15) is 9.59 Å². The van der Waals surface area contributed by atoms with Crippen molar-refractivity contribution >= 4 is 34.6 Å². The Balaban J connectivity index is 1.14. The first-order valence-electron chi connectivity index (χ1n) is 13.0. The van der Waals surface area contributed by atoms with Crippen molar-refractivity contribution in [3.63, 3.8) is 0 Å². The van der Waals surface area contributed by atoms with Crippen molar-refractivity contribution in [1.82, 2.24) is 15.2 Å². The van der Waals surface area contributed by atoms with Crippen LogP contribution in [0.2, 0.25) is 0 Å². The van der Waals surface area contributed by atoms with Crippen LogP contribution >= 0.6 is 0 Å². The molecule has 0 bridgehead atoms. The lowest BCUT2D eigenvalue weighted by Crippen LogP contribution is -2.31. The van der Waals surface area contributed by atoms with E-state index in [4.69, 9.17) is 11.5 Å². The smallest absolute Gasteiger partial charge is 0.254 e. The largest absolute Gasteiger partial charge is 0.404 e. The molecule has 1 aliphatic heterocycles. The number of nitrogen functional groups attached to an aromatic ring is 1. The van der Waals surface area contributed by atoms with Crippen molar-refractivity contribution in [1.29, 1.82) is 0 Å². The molecule has 5 rings (SSSR count). The summed E-state index contributed by atoms with van der Waals surface area (Å²) in [6.07, 6.45) is 6.18. The molecule has 38 heavy (non-hydrogen) atoms. The van der Waals surface area contributed by atoms with Gasteiger partial charge in [0, 0.05) is 43.6 Å². The predicted molar refractivity (Wildman–Crippen MR) is 150 cm³/mol. The van der Waals surface area contributed by atoms with Gasteiger partial charge in [-0.1, -0.05) is 24.3 Å². The molecule has 8 nitrogen and oxygen atoms in total. The van der Waals surface area contributed by atoms with E-state index in [0.717, 1.165) is 63.5 Å². The number of nitrogens with two attached hydrogens (primary N) is 2. The van der Waals surface area contributed by atoms with Crippen LogP contribution in [-0.2, 0) is 29.1 Å². The summed E-state index contributed by atoms with van der Waals surface area (Å²) in [6, 6.07) is 11.8. The molecule has 2 atom stereocenters. The van der Waals surface area contributed by atoms with Gasteiger partial charge in [0.15, 0.2) is 0 Å². The summed E-state index contributed by atoms with van der Waals surface area (Å²) in [5.41, 5.74) is 17.2. The minimum atomic E-state index is -0.294. The first kappa shape index (κ1) is 25.4. The number of pyridine rings is 1. The number of rotatable bonds is 8. The predicted octanol–water partition coefficient (Wildman–Crippen LogP) is 3.18. The van der Waals surface area contributed by atoms with E-state index >= 15 is 0 Å². The second-order valence-electron chi connectivity index (χ2n) is 10.4. The van der Waals surface area contributed by atoms with Crippen LogP contribution in [0.25, 0.3) is 10.8 Å². The van der Waals surface area contributed by atoms with Gasteiger partial charge in [0.25, 0.3) is 5.91 Å². The van der Waals surface area contributed by atoms with Crippen molar-refractivity contribution in [3.8, 4) is 0 Å². The number of hydrogen-bond acceptors (Lipinski definition) is 6. The van der Waals surface area contributed by atoms with Crippen molar-refractivity contribution in [2.24, 2.45) is 22.6 Å². The number of aliphatic imine (C=N–C) groups is 1. The number of nitrogens with zero attached hydrogens (tertiary/aromatic N) is 3. The molecule has 2 aliphatic rings. The molecule has 0 radical (unpaired) electrons. The van der Waals surface area contributed by atoms with E-state index in [1.165, 1.54) is 18.8 Å². The Morgan fingerprint density at radius 2 is 1.82 bits per heavy atom. The van der Waals surface area contributed by atoms with E-state index in [1.54, 1.807) is 6.20 Å². The highest BCUT2D eigenvalue weighted by Crippen LogP contribution is 2.44. The number of hydrogen-bond donors (Lipinski definition) is 3. The number of likely N-dealkylation sites (tertiary alicyclic amines) is 1. The lowest BCUT2D eigenvalue weighted by Gasteiger charge is -2.17. The lowest BCUT2D eigenvalue weighted by atomic mass is 9.96. The van der Waals surface area contributed by atoms with Crippen LogP contribution in [0, 0.1) is 25.7 Å². The van der Waals surface area contributed by atoms with E-state index in [0.29, 0.717) is 30.9 Å². The summed E-state index contributed by atoms with van der Waals surface area (Å²) in [6.45, 7) is 6.64. The third kappa shape index (κ3) is 5.39. The van der Waals surface area contributed by atoms with Crippen molar-refractivity contribution in [2.45, 2.75) is 39.8 Å². The van der Waals surface area contributed by atoms with Gasteiger partial charge in [-0.2, -0.15) is 0 Å². The number of fused-ring (bicyclic) bond motifs is 2. The van der Waals surface area contributed by atoms with Crippen molar-refractivity contribution in [2.75, 3.05) is 18.8 Å². The monoisotopic (exact) mass is 510 g/mol. The molecular weight excluding hydrogens is 476 g/mol. The van der Waals surface area contributed by atoms with Crippen LogP contribution in [-0.4, -0.2) is 41.0 Å². The minimum Gasteiger partial charge on any atom is -0.404 e. The van der Waals surface area contributed by atoms with Gasteiger partial charge in [-0.25, -0.2) is 4.98 Å². The summed E-state index contributed by atoms with van der Waals surface area (Å²) < 4.78 is 0. The Morgan fingerprint density at radius 3 is 2.53 bits per heavy atom. The SMILES string of the molecule is Cc1cc2c(N)nccc2c(C)c1CNC(=O)/C(C=NCc1ccc(CC(=O)N2CC3CC3C2)cc1)=C/N. The zero-order valence-corrected chi connectivity index (χ0v) is 21.9. The average Bonchev–Trinajstić information content (AvgIpc) is 3.52. The van der Waals surface area contributed by atoms with Crippen molar-refractivity contribution in [3.05, 3.63) is 82.2 Å². The Labute approximate surface area is 222 Å². The third-order valence-corrected chi connectivity index (χ3v) is 7.80. The van der Waals surface area contributed by atoms with Gasteiger partial charge in [0.05, 0.1) is 18.5 Å². The fourth-order valence-electron chi connectivity index (χ4n) is 5.35. The first-order chi connectivity index (χ1) is 18.3. The van der Waals surface area contributed by atoms with Crippen LogP contribution in [0.4, 0.5) is 5.82 Å². The number of anilines is 1. The van der Waals surface area contributed by atoms with E-state index in [1.807, 2.05) is 55.1 Å². The van der Waals surface area contributed by atoms with Crippen LogP contribution < -0.4 is 16.8 Å². The molecule has 3 aromatic rings. The maximum atomic E-state index is 12.8. The Bertz CT molecular complexity index is 1430. The lowest BCUT2D eigenvalue weighted by molar-refractivity contribution is -0.130. The number of carbonyl (C=O) groups excluding carboxylic acids is 2. The molecule has 2 aromatic carbocycles. The zero-order chi connectivity index (χ0) is 26.8. The van der Waals surface area contributed by atoms with Crippen LogP contribution in [0.3, 0.4) is 0 Å². The number of aryl methyl sites for hydroxylation is 2. The minimum absolute atomic E-state index is 0.210. The zero-order valence-electron chi connectivity index (χ0n) is 21.9. The molecule has 1 aliphatic carbocycles. The number of amides is 2. The van der Waals surface area contributed by atoms with Gasteiger partial charge in [-0.3, -0.25) is 14.6 Å². The van der Waals surface area contributed by atoms with Gasteiger partial charge in [-0.15, -0.1) is 0 Å². The highest BCUT2D eigenvalue weighted by molar-refractivity contribution is 6.12. The van der Waals surface area contributed by atoms with Gasteiger partial charge in [0.1, 0.15) is 5.82 Å². The fraction of sp³-hybridized carbons (Fsp3) is 0.333. The molecule has 2 amide bonds. The van der Waals surface area contributed by atoms with E-state index in [2.05, 4.69) is 15.3 Å². The molecular formula is C30H34N6O2. The summed E-state index contributed by atoms with van der Waals surface area (Å²) >= 11 is 0. The third-order valence-electron chi connectivity index (χ3n) is 7.80. The van der Waals surface area contributed by atoms with Crippen LogP contribution in [0.5, 0.6) is 0 Å². The number of benzene rings is 2.